The van der Waals surface area contributed by atoms with E-state index in [0.29, 0.717) is 32.7 Å². The van der Waals surface area contributed by atoms with E-state index in [4.69, 9.17) is 16.3 Å². The number of hydrogen-bond donors (Lipinski definition) is 0. The number of halogens is 3. The van der Waals surface area contributed by atoms with Crippen molar-refractivity contribution >= 4 is 17.3 Å². The van der Waals surface area contributed by atoms with E-state index in [-0.39, 0.29) is 24.0 Å². The largest absolute Gasteiger partial charge is 0.379 e. The summed E-state index contributed by atoms with van der Waals surface area (Å²) in [6, 6.07) is -1.30. The van der Waals surface area contributed by atoms with Crippen molar-refractivity contribution in [2.24, 2.45) is 0 Å². The summed E-state index contributed by atoms with van der Waals surface area (Å²) >= 11 is 5.91. The number of morpholine rings is 1. The molecule has 23 heavy (non-hydrogen) atoms. The smallest absolute Gasteiger partial charge is 0.325 e. The van der Waals surface area contributed by atoms with Crippen LogP contribution in [0.4, 0.5) is 14.5 Å². The highest BCUT2D eigenvalue weighted by Gasteiger charge is 2.48. The molecule has 1 saturated heterocycles. The van der Waals surface area contributed by atoms with E-state index in [1.807, 2.05) is 0 Å². The summed E-state index contributed by atoms with van der Waals surface area (Å²) in [5.74, 6) is -2.99. The lowest BCUT2D eigenvalue weighted by Gasteiger charge is -2.42. The Balaban J connectivity index is 1.84. The molecule has 128 valence electrons. The fraction of sp³-hybridized carbons (Fsp3) is 0.769. The topological polar surface area (TPSA) is 73.4 Å². The second-order valence-electron chi connectivity index (χ2n) is 5.88. The lowest BCUT2D eigenvalue weighted by atomic mass is 9.86. The number of nitrogens with zero attached hydrogens (tertiary/aromatic N) is 4. The van der Waals surface area contributed by atoms with Crippen LogP contribution in [-0.2, 0) is 4.74 Å². The van der Waals surface area contributed by atoms with Crippen LogP contribution < -0.4 is 0 Å². The monoisotopic (exact) mass is 350 g/mol. The third-order valence-electron chi connectivity index (χ3n) is 4.56. The van der Waals surface area contributed by atoms with Gasteiger partial charge in [-0.3, -0.25) is 15.0 Å². The van der Waals surface area contributed by atoms with Crippen molar-refractivity contribution < 1.29 is 18.4 Å². The van der Waals surface area contributed by atoms with Gasteiger partial charge in [0.15, 0.2) is 0 Å². The molecule has 2 fully saturated rings. The maximum atomic E-state index is 14.4. The molecule has 3 rings (SSSR count). The minimum absolute atomic E-state index is 0.0251. The fourth-order valence-electron chi connectivity index (χ4n) is 3.30. The van der Waals surface area contributed by atoms with Crippen LogP contribution in [0.25, 0.3) is 0 Å². The molecule has 1 aliphatic heterocycles. The summed E-state index contributed by atoms with van der Waals surface area (Å²) in [5, 5.41) is 14.3. The van der Waals surface area contributed by atoms with Crippen molar-refractivity contribution in [3.63, 3.8) is 0 Å². The molecule has 0 unspecified atom stereocenters. The van der Waals surface area contributed by atoms with Gasteiger partial charge in [0.2, 0.25) is 5.15 Å². The molecular formula is C13H17ClF2N4O3. The van der Waals surface area contributed by atoms with Gasteiger partial charge in [-0.2, -0.15) is 5.10 Å². The quantitative estimate of drug-likeness (QED) is 0.618. The fourth-order valence-corrected chi connectivity index (χ4v) is 3.58. The second kappa shape index (κ2) is 6.29. The molecule has 0 aromatic carbocycles. The maximum Gasteiger partial charge on any atom is 0.325 e. The highest BCUT2D eigenvalue weighted by atomic mass is 35.5. The molecule has 0 spiro atoms. The lowest BCUT2D eigenvalue weighted by molar-refractivity contribution is -0.384. The summed E-state index contributed by atoms with van der Waals surface area (Å²) < 4.78 is 34.9. The average Bonchev–Trinajstić information content (AvgIpc) is 2.89. The van der Waals surface area contributed by atoms with Gasteiger partial charge in [-0.25, -0.2) is 13.5 Å². The van der Waals surface area contributed by atoms with Crippen molar-refractivity contribution in [3.05, 3.63) is 21.5 Å². The van der Waals surface area contributed by atoms with Gasteiger partial charge in [0, 0.05) is 25.6 Å². The van der Waals surface area contributed by atoms with Crippen LogP contribution in [-0.4, -0.2) is 57.9 Å². The normalized spacial score (nSPS) is 28.7. The van der Waals surface area contributed by atoms with E-state index in [1.165, 1.54) is 0 Å². The summed E-state index contributed by atoms with van der Waals surface area (Å²) in [6.45, 7) is 2.59. The Hall–Kier alpha value is -1.32. The molecule has 2 atom stereocenters. The average molecular weight is 351 g/mol. The van der Waals surface area contributed by atoms with Gasteiger partial charge in [0.05, 0.1) is 18.1 Å². The van der Waals surface area contributed by atoms with Gasteiger partial charge in [-0.1, -0.05) is 11.6 Å². The Labute approximate surface area is 136 Å². The maximum absolute atomic E-state index is 14.4. The standard InChI is InChI=1S/C13H17ClF2N4O3/c14-12-10(20(21)22)8-17-19(12)11-7-9(1-2-13(11,15)16)18-3-5-23-6-4-18/h8-9,11H,1-7H2/t9-,11+/m0/s1. The number of rotatable bonds is 3. The van der Waals surface area contributed by atoms with E-state index in [2.05, 4.69) is 10.00 Å². The van der Waals surface area contributed by atoms with Crippen molar-refractivity contribution in [2.75, 3.05) is 26.3 Å². The van der Waals surface area contributed by atoms with Crippen molar-refractivity contribution in [3.8, 4) is 0 Å². The zero-order valence-electron chi connectivity index (χ0n) is 12.3. The Morgan fingerprint density at radius 1 is 1.43 bits per heavy atom. The zero-order valence-corrected chi connectivity index (χ0v) is 13.1. The molecule has 1 saturated carbocycles. The van der Waals surface area contributed by atoms with Gasteiger partial charge in [-0.15, -0.1) is 0 Å². The van der Waals surface area contributed by atoms with Crippen LogP contribution in [0.2, 0.25) is 5.15 Å². The van der Waals surface area contributed by atoms with E-state index in [1.54, 1.807) is 0 Å². The van der Waals surface area contributed by atoms with Gasteiger partial charge in [0.1, 0.15) is 12.2 Å². The predicted molar refractivity (Wildman–Crippen MR) is 77.9 cm³/mol. The Kier molecular flexibility index (Phi) is 4.52. The summed E-state index contributed by atoms with van der Waals surface area (Å²) in [7, 11) is 0. The molecule has 1 aliphatic carbocycles. The van der Waals surface area contributed by atoms with Gasteiger partial charge < -0.3 is 4.74 Å². The Bertz CT molecular complexity index is 592. The first-order chi connectivity index (χ1) is 10.9. The Morgan fingerprint density at radius 2 is 2.13 bits per heavy atom. The number of hydrogen-bond acceptors (Lipinski definition) is 5. The van der Waals surface area contributed by atoms with E-state index >= 15 is 0 Å². The molecule has 1 aromatic heterocycles. The van der Waals surface area contributed by atoms with E-state index in [0.717, 1.165) is 10.9 Å². The van der Waals surface area contributed by atoms with Gasteiger partial charge in [-0.05, 0) is 12.8 Å². The van der Waals surface area contributed by atoms with Crippen LogP contribution in [0, 0.1) is 10.1 Å². The summed E-state index contributed by atoms with van der Waals surface area (Å²) in [5.41, 5.74) is -0.448. The Morgan fingerprint density at radius 3 is 2.74 bits per heavy atom. The molecular weight excluding hydrogens is 334 g/mol. The predicted octanol–water partition coefficient (Wildman–Crippen LogP) is 2.51. The molecule has 0 N–H and O–H groups in total. The number of alkyl halides is 2. The van der Waals surface area contributed by atoms with Crippen LogP contribution >= 0.6 is 11.6 Å². The molecule has 1 aromatic rings. The third kappa shape index (κ3) is 3.17. The summed E-state index contributed by atoms with van der Waals surface area (Å²) in [6.07, 6.45) is 1.18. The molecule has 7 nitrogen and oxygen atoms in total. The van der Waals surface area contributed by atoms with Crippen LogP contribution in [0.5, 0.6) is 0 Å². The van der Waals surface area contributed by atoms with E-state index in [9.17, 15) is 18.9 Å². The van der Waals surface area contributed by atoms with Crippen LogP contribution in [0.3, 0.4) is 0 Å². The number of nitro groups is 1. The zero-order chi connectivity index (χ0) is 16.6. The van der Waals surface area contributed by atoms with Crippen LogP contribution in [0.15, 0.2) is 6.20 Å². The third-order valence-corrected chi connectivity index (χ3v) is 4.93. The molecule has 2 aliphatic rings. The lowest BCUT2D eigenvalue weighted by Crippen LogP contribution is -2.49. The molecule has 2 heterocycles. The molecule has 0 bridgehead atoms. The van der Waals surface area contributed by atoms with Crippen LogP contribution in [0.1, 0.15) is 25.3 Å². The van der Waals surface area contributed by atoms with Gasteiger partial charge >= 0.3 is 5.69 Å². The SMILES string of the molecule is O=[N+]([O-])c1cnn([C@@H]2C[C@@H](N3CCOCC3)CCC2(F)F)c1Cl. The number of aromatic nitrogens is 2. The number of ether oxygens (including phenoxy) is 1. The highest BCUT2D eigenvalue weighted by molar-refractivity contribution is 6.31. The van der Waals surface area contributed by atoms with E-state index < -0.39 is 22.6 Å². The first kappa shape index (κ1) is 16.5. The summed E-state index contributed by atoms with van der Waals surface area (Å²) in [4.78, 5) is 12.3. The van der Waals surface area contributed by atoms with Crippen molar-refractivity contribution in [2.45, 2.75) is 37.3 Å². The minimum Gasteiger partial charge on any atom is -0.379 e. The first-order valence-electron chi connectivity index (χ1n) is 7.47. The minimum atomic E-state index is -2.99. The van der Waals surface area contributed by atoms with Gasteiger partial charge in [0.25, 0.3) is 5.92 Å². The highest BCUT2D eigenvalue weighted by Crippen LogP contribution is 2.45. The second-order valence-corrected chi connectivity index (χ2v) is 6.23. The molecule has 0 amide bonds. The molecule has 0 radical (unpaired) electrons. The first-order valence-corrected chi connectivity index (χ1v) is 7.85. The van der Waals surface area contributed by atoms with Crippen molar-refractivity contribution in [1.29, 1.82) is 0 Å². The molecule has 10 heteroatoms. The van der Waals surface area contributed by atoms with Crippen molar-refractivity contribution in [1.82, 2.24) is 14.7 Å².